The second-order valence-electron chi connectivity index (χ2n) is 8.96. The van der Waals surface area contributed by atoms with Crippen LogP contribution in [0.5, 0.6) is 5.75 Å². The zero-order valence-corrected chi connectivity index (χ0v) is 19.3. The number of aromatic nitrogens is 1. The molecule has 0 saturated carbocycles. The molecule has 32 heavy (non-hydrogen) atoms. The smallest absolute Gasteiger partial charge is 0.257 e. The summed E-state index contributed by atoms with van der Waals surface area (Å²) in [5, 5.41) is 0. The molecule has 0 unspecified atom stereocenters. The molecular formula is C26H35N3O3. The summed E-state index contributed by atoms with van der Waals surface area (Å²) in [6.07, 6.45) is 4.44. The molecule has 1 aromatic carbocycles. The number of amides is 1. The zero-order chi connectivity index (χ0) is 22.3. The standard InChI is InChI=1S/C26H35N3O3/c1-20-8-7-10-22(27-20)19-28-14-6-5-9-21-18-29(15-13-24(21)31-2)26(30)23-11-3-4-12-25(23)32-17-16-28/h3-4,7-8,10-12,21,24H,5-6,9,13-19H2,1-2H3/t21-,24+/m1/s1. The Balaban J connectivity index is 1.53. The van der Waals surface area contributed by atoms with Crippen LogP contribution in [0.1, 0.15) is 47.4 Å². The van der Waals surface area contributed by atoms with E-state index in [1.54, 1.807) is 7.11 Å². The number of fused-ring (bicyclic) bond motifs is 3. The van der Waals surface area contributed by atoms with Gasteiger partial charge in [-0.25, -0.2) is 0 Å². The second-order valence-corrected chi connectivity index (χ2v) is 8.96. The number of rotatable bonds is 3. The first-order valence-corrected chi connectivity index (χ1v) is 11.8. The van der Waals surface area contributed by atoms with Gasteiger partial charge in [0.1, 0.15) is 12.4 Å². The van der Waals surface area contributed by atoms with E-state index in [2.05, 4.69) is 22.0 Å². The van der Waals surface area contributed by atoms with Crippen LogP contribution in [0.3, 0.4) is 0 Å². The first-order valence-electron chi connectivity index (χ1n) is 11.8. The summed E-state index contributed by atoms with van der Waals surface area (Å²) in [5.74, 6) is 1.12. The van der Waals surface area contributed by atoms with E-state index in [0.717, 1.165) is 69.8 Å². The molecule has 1 aromatic heterocycles. The van der Waals surface area contributed by atoms with Gasteiger partial charge >= 0.3 is 0 Å². The Morgan fingerprint density at radius 2 is 1.94 bits per heavy atom. The summed E-state index contributed by atoms with van der Waals surface area (Å²) in [6, 6.07) is 13.8. The van der Waals surface area contributed by atoms with E-state index in [4.69, 9.17) is 9.47 Å². The molecule has 2 atom stereocenters. The molecule has 172 valence electrons. The molecule has 1 saturated heterocycles. The van der Waals surface area contributed by atoms with Gasteiger partial charge in [0.2, 0.25) is 0 Å². The van der Waals surface area contributed by atoms with E-state index in [1.165, 1.54) is 0 Å². The van der Waals surface area contributed by atoms with E-state index in [9.17, 15) is 4.79 Å². The normalized spacial score (nSPS) is 23.2. The maximum absolute atomic E-state index is 13.3. The topological polar surface area (TPSA) is 54.9 Å². The number of pyridine rings is 1. The average molecular weight is 438 g/mol. The molecular weight excluding hydrogens is 402 g/mol. The van der Waals surface area contributed by atoms with Gasteiger partial charge in [0.25, 0.3) is 5.91 Å². The van der Waals surface area contributed by atoms with Gasteiger partial charge in [-0.2, -0.15) is 0 Å². The minimum Gasteiger partial charge on any atom is -0.491 e. The number of benzene rings is 1. The third-order valence-electron chi connectivity index (χ3n) is 6.67. The van der Waals surface area contributed by atoms with E-state index in [-0.39, 0.29) is 12.0 Å². The Bertz CT molecular complexity index is 903. The number of carbonyl (C=O) groups excluding carboxylic acids is 1. The lowest BCUT2D eigenvalue weighted by Crippen LogP contribution is -2.46. The minimum absolute atomic E-state index is 0.0676. The van der Waals surface area contributed by atoms with Crippen molar-refractivity contribution < 1.29 is 14.3 Å². The number of nitrogens with zero attached hydrogens (tertiary/aromatic N) is 3. The molecule has 0 aliphatic carbocycles. The van der Waals surface area contributed by atoms with Crippen LogP contribution in [0.2, 0.25) is 0 Å². The summed E-state index contributed by atoms with van der Waals surface area (Å²) < 4.78 is 11.9. The van der Waals surface area contributed by atoms with Crippen molar-refractivity contribution in [2.45, 2.75) is 45.3 Å². The van der Waals surface area contributed by atoms with Crippen molar-refractivity contribution in [2.75, 3.05) is 39.9 Å². The van der Waals surface area contributed by atoms with E-state index < -0.39 is 0 Å². The number of hydrogen-bond acceptors (Lipinski definition) is 5. The van der Waals surface area contributed by atoms with Crippen molar-refractivity contribution in [1.29, 1.82) is 0 Å². The number of piperidine rings is 1. The molecule has 6 heteroatoms. The quantitative estimate of drug-likeness (QED) is 0.728. The van der Waals surface area contributed by atoms with Crippen molar-refractivity contribution in [3.8, 4) is 5.75 Å². The molecule has 2 aromatic rings. The lowest BCUT2D eigenvalue weighted by molar-refractivity contribution is -0.00702. The van der Waals surface area contributed by atoms with Gasteiger partial charge in [-0.05, 0) is 57.0 Å². The third kappa shape index (κ3) is 5.67. The predicted octanol–water partition coefficient (Wildman–Crippen LogP) is 3.93. The third-order valence-corrected chi connectivity index (χ3v) is 6.67. The summed E-state index contributed by atoms with van der Waals surface area (Å²) in [6.45, 7) is 6.68. The first-order chi connectivity index (χ1) is 15.6. The molecule has 2 aliphatic rings. The van der Waals surface area contributed by atoms with Gasteiger partial charge in [0.15, 0.2) is 0 Å². The van der Waals surface area contributed by atoms with Gasteiger partial charge in [-0.1, -0.05) is 24.6 Å². The molecule has 0 N–H and O–H groups in total. The van der Waals surface area contributed by atoms with Gasteiger partial charge in [-0.15, -0.1) is 0 Å². The Morgan fingerprint density at radius 1 is 1.06 bits per heavy atom. The van der Waals surface area contributed by atoms with Crippen LogP contribution >= 0.6 is 0 Å². The van der Waals surface area contributed by atoms with Crippen molar-refractivity contribution in [3.63, 3.8) is 0 Å². The molecule has 2 aliphatic heterocycles. The maximum atomic E-state index is 13.3. The summed E-state index contributed by atoms with van der Waals surface area (Å²) >= 11 is 0. The van der Waals surface area contributed by atoms with Crippen LogP contribution in [0, 0.1) is 12.8 Å². The molecule has 2 bridgehead atoms. The fourth-order valence-electron chi connectivity index (χ4n) is 4.94. The molecule has 0 spiro atoms. The minimum atomic E-state index is 0.0676. The molecule has 1 amide bonds. The van der Waals surface area contributed by atoms with Gasteiger partial charge in [-0.3, -0.25) is 14.7 Å². The van der Waals surface area contributed by atoms with Crippen molar-refractivity contribution >= 4 is 5.91 Å². The zero-order valence-electron chi connectivity index (χ0n) is 19.3. The Kier molecular flexibility index (Phi) is 7.76. The highest BCUT2D eigenvalue weighted by Crippen LogP contribution is 2.28. The monoisotopic (exact) mass is 437 g/mol. The van der Waals surface area contributed by atoms with E-state index in [0.29, 0.717) is 23.8 Å². The highest BCUT2D eigenvalue weighted by Gasteiger charge is 2.32. The predicted molar refractivity (Wildman–Crippen MR) is 125 cm³/mol. The lowest BCUT2D eigenvalue weighted by Gasteiger charge is -2.38. The first kappa shape index (κ1) is 22.7. The van der Waals surface area contributed by atoms with Crippen molar-refractivity contribution in [2.24, 2.45) is 5.92 Å². The van der Waals surface area contributed by atoms with Gasteiger partial charge in [0, 0.05) is 44.9 Å². The van der Waals surface area contributed by atoms with Crippen LogP contribution in [0.25, 0.3) is 0 Å². The van der Waals surface area contributed by atoms with Crippen LogP contribution < -0.4 is 4.74 Å². The molecule has 3 heterocycles. The van der Waals surface area contributed by atoms with E-state index >= 15 is 0 Å². The summed E-state index contributed by atoms with van der Waals surface area (Å²) in [4.78, 5) is 22.4. The van der Waals surface area contributed by atoms with Crippen LogP contribution in [0.4, 0.5) is 0 Å². The molecule has 6 nitrogen and oxygen atoms in total. The second kappa shape index (κ2) is 10.9. The Labute approximate surface area is 191 Å². The highest BCUT2D eigenvalue weighted by atomic mass is 16.5. The number of aryl methyl sites for hydroxylation is 1. The maximum Gasteiger partial charge on any atom is 0.257 e. The number of carbonyl (C=O) groups is 1. The molecule has 4 rings (SSSR count). The fourth-order valence-corrected chi connectivity index (χ4v) is 4.94. The Hall–Kier alpha value is -2.44. The molecule has 1 fully saturated rings. The number of para-hydroxylation sites is 1. The van der Waals surface area contributed by atoms with Crippen molar-refractivity contribution in [3.05, 3.63) is 59.4 Å². The van der Waals surface area contributed by atoms with Gasteiger partial charge < -0.3 is 14.4 Å². The SMILES string of the molecule is CO[C@H]1CCN2C[C@H]1CCCCN(Cc1cccc(C)n1)CCOc1ccccc1C2=O. The largest absolute Gasteiger partial charge is 0.491 e. The summed E-state index contributed by atoms with van der Waals surface area (Å²) in [7, 11) is 1.80. The van der Waals surface area contributed by atoms with Crippen molar-refractivity contribution in [1.82, 2.24) is 14.8 Å². The van der Waals surface area contributed by atoms with E-state index in [1.807, 2.05) is 42.2 Å². The van der Waals surface area contributed by atoms with Crippen LogP contribution in [-0.2, 0) is 11.3 Å². The summed E-state index contributed by atoms with van der Waals surface area (Å²) in [5.41, 5.74) is 2.79. The average Bonchev–Trinajstić information content (AvgIpc) is 2.81. The number of ether oxygens (including phenoxy) is 2. The highest BCUT2D eigenvalue weighted by molar-refractivity contribution is 5.97. The number of hydrogen-bond donors (Lipinski definition) is 0. The van der Waals surface area contributed by atoms with Crippen LogP contribution in [0.15, 0.2) is 42.5 Å². The van der Waals surface area contributed by atoms with Crippen LogP contribution in [-0.4, -0.2) is 66.7 Å². The Morgan fingerprint density at radius 3 is 2.78 bits per heavy atom. The van der Waals surface area contributed by atoms with Gasteiger partial charge in [0.05, 0.1) is 17.4 Å². The fraction of sp³-hybridized carbons (Fsp3) is 0.538. The molecule has 0 radical (unpaired) electrons. The lowest BCUT2D eigenvalue weighted by atomic mass is 9.89. The number of methoxy groups -OCH3 is 1.